The fourth-order valence-electron chi connectivity index (χ4n) is 4.42. The van der Waals surface area contributed by atoms with E-state index in [0.717, 1.165) is 45.0 Å². The first-order valence-corrected chi connectivity index (χ1v) is 11.8. The quantitative estimate of drug-likeness (QED) is 0.570. The van der Waals surface area contributed by atoms with Crippen LogP contribution in [0.3, 0.4) is 0 Å². The number of nitrogens with zero attached hydrogens (tertiary/aromatic N) is 4. The minimum absolute atomic E-state index is 0.196. The zero-order chi connectivity index (χ0) is 23.5. The van der Waals surface area contributed by atoms with Crippen LogP contribution in [0.15, 0.2) is 46.4 Å². The van der Waals surface area contributed by atoms with Crippen LogP contribution in [0.25, 0.3) is 0 Å². The number of rotatable bonds is 6. The summed E-state index contributed by atoms with van der Waals surface area (Å²) in [6.45, 7) is 10.1. The van der Waals surface area contributed by atoms with Gasteiger partial charge in [0.25, 0.3) is 5.56 Å². The average Bonchev–Trinajstić information content (AvgIpc) is 3.32. The molecule has 0 bridgehead atoms. The number of anilines is 4. The second kappa shape index (κ2) is 10.1. The van der Waals surface area contributed by atoms with Crippen LogP contribution in [0.4, 0.5) is 22.9 Å². The third-order valence-electron chi connectivity index (χ3n) is 6.13. The highest BCUT2D eigenvalue weighted by atomic mass is 79.9. The first kappa shape index (κ1) is 23.5. The van der Waals surface area contributed by atoms with Crippen molar-refractivity contribution in [2.75, 3.05) is 48.4 Å². The van der Waals surface area contributed by atoms with Gasteiger partial charge in [0, 0.05) is 57.3 Å². The molecule has 2 aromatic rings. The van der Waals surface area contributed by atoms with E-state index in [1.54, 1.807) is 13.2 Å². The van der Waals surface area contributed by atoms with Gasteiger partial charge in [-0.05, 0) is 53.5 Å². The van der Waals surface area contributed by atoms with Gasteiger partial charge in [-0.15, -0.1) is 0 Å². The van der Waals surface area contributed by atoms with Crippen molar-refractivity contribution in [3.05, 3.63) is 52.0 Å². The molecule has 0 saturated carbocycles. The van der Waals surface area contributed by atoms with Gasteiger partial charge in [0.2, 0.25) is 5.91 Å². The molecule has 10 heteroatoms. The van der Waals surface area contributed by atoms with E-state index < -0.39 is 0 Å². The molecule has 0 radical (unpaired) electrons. The number of halogens is 1. The Morgan fingerprint density at radius 3 is 2.88 bits per heavy atom. The first-order chi connectivity index (χ1) is 15.9. The molecule has 33 heavy (non-hydrogen) atoms. The lowest BCUT2D eigenvalue weighted by molar-refractivity contribution is -0.111. The fraction of sp³-hybridized carbons (Fsp3) is 0.435. The zero-order valence-corrected chi connectivity index (χ0v) is 20.5. The maximum atomic E-state index is 12.4. The molecule has 3 heterocycles. The minimum Gasteiger partial charge on any atom is -0.380 e. The standard InChI is InChI=1S/C23H29BrN6O3/c1-4-21(31)26-18-11-16(25-22-23(32)28(3)13-20(24)27-22)5-6-19(18)30-9-8-29(12-15(30)2)17-7-10-33-14-17/h4-6,11,13,15,17H,1,7-10,12,14H2,2-3H3,(H,25,27)(H,26,31)/t15-,17?/m0/s1. The molecule has 1 amide bonds. The third-order valence-corrected chi connectivity index (χ3v) is 6.52. The Balaban J connectivity index is 1.59. The SMILES string of the molecule is C=CC(=O)Nc1cc(Nc2nc(Br)cn(C)c2=O)ccc1N1CCN(C2CCOC2)C[C@@H]1C. The van der Waals surface area contributed by atoms with Crippen LogP contribution < -0.4 is 21.1 Å². The van der Waals surface area contributed by atoms with Crippen molar-refractivity contribution in [1.29, 1.82) is 0 Å². The van der Waals surface area contributed by atoms with Gasteiger partial charge in [0.05, 0.1) is 18.0 Å². The van der Waals surface area contributed by atoms with Gasteiger partial charge in [0.15, 0.2) is 5.82 Å². The molecule has 2 atom stereocenters. The number of hydrogen-bond acceptors (Lipinski definition) is 7. The summed E-state index contributed by atoms with van der Waals surface area (Å²) < 4.78 is 7.56. The van der Waals surface area contributed by atoms with E-state index in [0.29, 0.717) is 22.0 Å². The molecule has 176 valence electrons. The molecule has 2 fully saturated rings. The predicted octanol–water partition coefficient (Wildman–Crippen LogP) is 2.71. The van der Waals surface area contributed by atoms with Crippen LogP contribution >= 0.6 is 15.9 Å². The molecule has 2 saturated heterocycles. The Bertz CT molecular complexity index is 1100. The van der Waals surface area contributed by atoms with Gasteiger partial charge >= 0.3 is 0 Å². The normalized spacial score (nSPS) is 21.1. The molecule has 1 aromatic heterocycles. The summed E-state index contributed by atoms with van der Waals surface area (Å²) >= 11 is 3.32. The van der Waals surface area contributed by atoms with Crippen molar-refractivity contribution in [3.63, 3.8) is 0 Å². The molecule has 2 N–H and O–H groups in total. The molecule has 0 spiro atoms. The van der Waals surface area contributed by atoms with Crippen molar-refractivity contribution in [3.8, 4) is 0 Å². The summed E-state index contributed by atoms with van der Waals surface area (Å²) in [5.41, 5.74) is 1.98. The van der Waals surface area contributed by atoms with Crippen molar-refractivity contribution >= 4 is 44.7 Å². The monoisotopic (exact) mass is 516 g/mol. The van der Waals surface area contributed by atoms with Crippen LogP contribution in [0.5, 0.6) is 0 Å². The largest absolute Gasteiger partial charge is 0.380 e. The second-order valence-corrected chi connectivity index (χ2v) is 9.25. The van der Waals surface area contributed by atoms with E-state index in [1.165, 1.54) is 10.6 Å². The molecule has 1 unspecified atom stereocenters. The predicted molar refractivity (Wildman–Crippen MR) is 133 cm³/mol. The van der Waals surface area contributed by atoms with Crippen molar-refractivity contribution in [2.24, 2.45) is 7.05 Å². The molecule has 4 rings (SSSR count). The van der Waals surface area contributed by atoms with Crippen molar-refractivity contribution in [2.45, 2.75) is 25.4 Å². The van der Waals surface area contributed by atoms with Crippen LogP contribution in [0.1, 0.15) is 13.3 Å². The second-order valence-electron chi connectivity index (χ2n) is 8.43. The maximum Gasteiger partial charge on any atom is 0.293 e. The van der Waals surface area contributed by atoms with E-state index in [-0.39, 0.29) is 23.3 Å². The smallest absolute Gasteiger partial charge is 0.293 e. The summed E-state index contributed by atoms with van der Waals surface area (Å²) in [6.07, 6.45) is 3.93. The molecule has 0 aliphatic carbocycles. The maximum absolute atomic E-state index is 12.4. The lowest BCUT2D eigenvalue weighted by atomic mass is 10.1. The Morgan fingerprint density at radius 2 is 2.18 bits per heavy atom. The number of benzene rings is 1. The fourth-order valence-corrected chi connectivity index (χ4v) is 4.91. The lowest BCUT2D eigenvalue weighted by Crippen LogP contribution is -2.55. The molecule has 9 nitrogen and oxygen atoms in total. The van der Waals surface area contributed by atoms with Gasteiger partial charge in [0.1, 0.15) is 4.60 Å². The highest BCUT2D eigenvalue weighted by Gasteiger charge is 2.31. The Kier molecular flexibility index (Phi) is 7.16. The molecule has 2 aliphatic heterocycles. The number of amides is 1. The number of aromatic nitrogens is 2. The minimum atomic E-state index is -0.292. The van der Waals surface area contributed by atoms with Gasteiger partial charge in [-0.1, -0.05) is 6.58 Å². The lowest BCUT2D eigenvalue weighted by Gasteiger charge is -2.43. The Hall–Kier alpha value is -2.69. The molecule has 2 aliphatic rings. The number of aryl methyl sites for hydroxylation is 1. The highest BCUT2D eigenvalue weighted by Crippen LogP contribution is 2.33. The number of ether oxygens (including phenoxy) is 1. The van der Waals surface area contributed by atoms with Gasteiger partial charge in [-0.3, -0.25) is 14.5 Å². The van der Waals surface area contributed by atoms with E-state index in [1.807, 2.05) is 18.2 Å². The van der Waals surface area contributed by atoms with E-state index >= 15 is 0 Å². The van der Waals surface area contributed by atoms with E-state index in [4.69, 9.17) is 4.74 Å². The third kappa shape index (κ3) is 5.29. The molecule has 1 aromatic carbocycles. The van der Waals surface area contributed by atoms with Crippen molar-refractivity contribution < 1.29 is 9.53 Å². The topological polar surface area (TPSA) is 91.7 Å². The van der Waals surface area contributed by atoms with E-state index in [9.17, 15) is 9.59 Å². The van der Waals surface area contributed by atoms with Crippen LogP contribution in [0, 0.1) is 0 Å². The van der Waals surface area contributed by atoms with Crippen molar-refractivity contribution in [1.82, 2.24) is 14.5 Å². The van der Waals surface area contributed by atoms with E-state index in [2.05, 4.69) is 54.8 Å². The number of carbonyl (C=O) groups is 1. The highest BCUT2D eigenvalue weighted by molar-refractivity contribution is 9.10. The van der Waals surface area contributed by atoms with Crippen LogP contribution in [-0.2, 0) is 16.6 Å². The number of hydrogen-bond donors (Lipinski definition) is 2. The first-order valence-electron chi connectivity index (χ1n) is 11.0. The summed E-state index contributed by atoms with van der Waals surface area (Å²) in [5, 5.41) is 6.00. The summed E-state index contributed by atoms with van der Waals surface area (Å²) in [7, 11) is 1.66. The number of carbonyl (C=O) groups excluding carboxylic acids is 1. The zero-order valence-electron chi connectivity index (χ0n) is 18.9. The molecular weight excluding hydrogens is 488 g/mol. The number of nitrogens with one attached hydrogen (secondary N) is 2. The number of piperazine rings is 1. The average molecular weight is 517 g/mol. The Morgan fingerprint density at radius 1 is 1.36 bits per heavy atom. The molecular formula is C23H29BrN6O3. The summed E-state index contributed by atoms with van der Waals surface area (Å²) in [6, 6.07) is 6.43. The van der Waals surface area contributed by atoms with Gasteiger partial charge in [-0.2, -0.15) is 0 Å². The Labute approximate surface area is 201 Å². The van der Waals surface area contributed by atoms with Gasteiger partial charge < -0.3 is 24.8 Å². The van der Waals surface area contributed by atoms with Gasteiger partial charge in [-0.25, -0.2) is 4.98 Å². The summed E-state index contributed by atoms with van der Waals surface area (Å²) in [4.78, 5) is 33.7. The summed E-state index contributed by atoms with van der Waals surface area (Å²) in [5.74, 6) is -0.0966. The van der Waals surface area contributed by atoms with Crippen LogP contribution in [0.2, 0.25) is 0 Å². The van der Waals surface area contributed by atoms with Crippen LogP contribution in [-0.4, -0.2) is 65.3 Å².